The molecule has 0 spiro atoms. The van der Waals surface area contributed by atoms with Crippen molar-refractivity contribution in [1.29, 1.82) is 0 Å². The average molecular weight is 255 g/mol. The minimum Gasteiger partial charge on any atom is -0.326 e. The van der Waals surface area contributed by atoms with Crippen molar-refractivity contribution >= 4 is 0 Å². The number of alkyl halides is 3. The second-order valence-electron chi connectivity index (χ2n) is 4.00. The molecule has 2 aromatic rings. The summed E-state index contributed by atoms with van der Waals surface area (Å²) in [6.45, 7) is 2.21. The maximum Gasteiger partial charge on any atom is 0.419 e. The zero-order valence-corrected chi connectivity index (χ0v) is 9.70. The minimum absolute atomic E-state index is 0.397. The second-order valence-corrected chi connectivity index (χ2v) is 4.00. The fourth-order valence-electron chi connectivity index (χ4n) is 1.70. The van der Waals surface area contributed by atoms with Crippen molar-refractivity contribution in [2.45, 2.75) is 19.6 Å². The van der Waals surface area contributed by atoms with Gasteiger partial charge in [0.15, 0.2) is 0 Å². The van der Waals surface area contributed by atoms with E-state index >= 15 is 0 Å². The Kier molecular flexibility index (Phi) is 3.13. The van der Waals surface area contributed by atoms with Gasteiger partial charge in [-0.25, -0.2) is 4.68 Å². The molecule has 6 heteroatoms. The number of hydrogen-bond donors (Lipinski definition) is 1. The summed E-state index contributed by atoms with van der Waals surface area (Å²) in [6, 6.07) is 5.33. The van der Waals surface area contributed by atoms with E-state index in [2.05, 4.69) is 5.10 Å². The van der Waals surface area contributed by atoms with E-state index in [1.807, 2.05) is 13.0 Å². The van der Waals surface area contributed by atoms with Crippen LogP contribution in [0, 0.1) is 6.92 Å². The summed E-state index contributed by atoms with van der Waals surface area (Å²) >= 11 is 0. The number of benzene rings is 1. The van der Waals surface area contributed by atoms with E-state index in [0.29, 0.717) is 12.2 Å². The first kappa shape index (κ1) is 12.6. The Hall–Kier alpha value is -1.82. The van der Waals surface area contributed by atoms with Crippen LogP contribution < -0.4 is 5.73 Å². The van der Waals surface area contributed by atoms with Gasteiger partial charge in [-0.1, -0.05) is 12.1 Å². The molecule has 0 fully saturated rings. The van der Waals surface area contributed by atoms with Crippen LogP contribution in [-0.4, -0.2) is 9.78 Å². The summed E-state index contributed by atoms with van der Waals surface area (Å²) in [5.41, 5.74) is 7.11. The molecule has 0 saturated carbocycles. The minimum atomic E-state index is -4.37. The highest BCUT2D eigenvalue weighted by Gasteiger charge is 2.32. The zero-order chi connectivity index (χ0) is 13.3. The monoisotopic (exact) mass is 255 g/mol. The third-order valence-corrected chi connectivity index (χ3v) is 2.65. The molecular weight excluding hydrogens is 243 g/mol. The van der Waals surface area contributed by atoms with Gasteiger partial charge in [-0.15, -0.1) is 0 Å². The maximum absolute atomic E-state index is 12.5. The van der Waals surface area contributed by atoms with Crippen LogP contribution in [0.5, 0.6) is 0 Å². The van der Waals surface area contributed by atoms with Crippen LogP contribution in [0.4, 0.5) is 13.2 Å². The molecule has 0 aliphatic carbocycles. The Bertz CT molecular complexity index is 558. The number of rotatable bonds is 2. The Morgan fingerprint density at radius 2 is 2.06 bits per heavy atom. The normalized spacial score (nSPS) is 11.8. The zero-order valence-electron chi connectivity index (χ0n) is 9.70. The first-order valence-corrected chi connectivity index (χ1v) is 5.33. The highest BCUT2D eigenvalue weighted by atomic mass is 19.4. The lowest BCUT2D eigenvalue weighted by atomic mass is 10.1. The molecule has 1 aromatic carbocycles. The quantitative estimate of drug-likeness (QED) is 0.896. The largest absolute Gasteiger partial charge is 0.419 e. The number of aromatic nitrogens is 2. The van der Waals surface area contributed by atoms with Gasteiger partial charge in [0.25, 0.3) is 0 Å². The molecule has 0 aliphatic rings. The first-order valence-electron chi connectivity index (χ1n) is 5.33. The van der Waals surface area contributed by atoms with E-state index < -0.39 is 11.7 Å². The van der Waals surface area contributed by atoms with Gasteiger partial charge in [-0.3, -0.25) is 0 Å². The lowest BCUT2D eigenvalue weighted by molar-refractivity contribution is -0.137. The van der Waals surface area contributed by atoms with E-state index in [1.54, 1.807) is 12.1 Å². The van der Waals surface area contributed by atoms with E-state index in [1.165, 1.54) is 4.68 Å². The van der Waals surface area contributed by atoms with E-state index in [0.717, 1.165) is 23.5 Å². The molecule has 2 N–H and O–H groups in total. The summed E-state index contributed by atoms with van der Waals surface area (Å²) in [5, 5.41) is 3.73. The molecule has 0 unspecified atom stereocenters. The van der Waals surface area contributed by atoms with Crippen molar-refractivity contribution in [2.75, 3.05) is 0 Å². The number of nitrogens with zero attached hydrogens (tertiary/aromatic N) is 2. The third-order valence-electron chi connectivity index (χ3n) is 2.65. The van der Waals surface area contributed by atoms with Crippen LogP contribution >= 0.6 is 0 Å². The van der Waals surface area contributed by atoms with Gasteiger partial charge in [0, 0.05) is 12.7 Å². The number of aryl methyl sites for hydroxylation is 1. The van der Waals surface area contributed by atoms with Crippen molar-refractivity contribution in [3.8, 4) is 5.69 Å². The molecular formula is C12H12F3N3. The van der Waals surface area contributed by atoms with E-state index in [9.17, 15) is 13.2 Å². The topological polar surface area (TPSA) is 43.8 Å². The van der Waals surface area contributed by atoms with Crippen LogP contribution in [0.1, 0.15) is 16.7 Å². The Morgan fingerprint density at radius 1 is 1.33 bits per heavy atom. The smallest absolute Gasteiger partial charge is 0.326 e. The van der Waals surface area contributed by atoms with Gasteiger partial charge in [0.2, 0.25) is 0 Å². The van der Waals surface area contributed by atoms with Crippen molar-refractivity contribution in [3.05, 3.63) is 47.3 Å². The molecule has 3 nitrogen and oxygen atoms in total. The molecule has 1 aromatic heterocycles. The molecule has 0 bridgehead atoms. The van der Waals surface area contributed by atoms with Crippen LogP contribution in [0.3, 0.4) is 0 Å². The van der Waals surface area contributed by atoms with Crippen molar-refractivity contribution < 1.29 is 13.2 Å². The van der Waals surface area contributed by atoms with Crippen molar-refractivity contribution in [3.63, 3.8) is 0 Å². The lowest BCUT2D eigenvalue weighted by Crippen LogP contribution is -2.04. The standard InChI is InChI=1S/C12H12F3N3/c1-8-4-9(5-16)2-3-11(8)18-7-10(6-17-18)12(13,14)15/h2-4,6-7H,5,16H2,1H3. The van der Waals surface area contributed by atoms with Gasteiger partial charge in [-0.2, -0.15) is 18.3 Å². The van der Waals surface area contributed by atoms with E-state index in [-0.39, 0.29) is 0 Å². The number of hydrogen-bond acceptors (Lipinski definition) is 2. The molecule has 0 atom stereocenters. The fraction of sp³-hybridized carbons (Fsp3) is 0.250. The molecule has 0 aliphatic heterocycles. The predicted molar refractivity (Wildman–Crippen MR) is 61.2 cm³/mol. The van der Waals surface area contributed by atoms with Crippen LogP contribution in [0.25, 0.3) is 5.69 Å². The first-order chi connectivity index (χ1) is 8.41. The molecule has 18 heavy (non-hydrogen) atoms. The van der Waals surface area contributed by atoms with Gasteiger partial charge in [0.1, 0.15) is 0 Å². The summed E-state index contributed by atoms with van der Waals surface area (Å²) in [4.78, 5) is 0. The van der Waals surface area contributed by atoms with Gasteiger partial charge < -0.3 is 5.73 Å². The highest BCUT2D eigenvalue weighted by molar-refractivity contribution is 5.42. The van der Waals surface area contributed by atoms with Crippen LogP contribution in [0.15, 0.2) is 30.6 Å². The maximum atomic E-state index is 12.5. The number of halogens is 3. The van der Waals surface area contributed by atoms with Gasteiger partial charge >= 0.3 is 6.18 Å². The highest BCUT2D eigenvalue weighted by Crippen LogP contribution is 2.29. The second kappa shape index (κ2) is 4.45. The molecule has 96 valence electrons. The fourth-order valence-corrected chi connectivity index (χ4v) is 1.70. The molecule has 2 rings (SSSR count). The molecule has 1 heterocycles. The summed E-state index contributed by atoms with van der Waals surface area (Å²) < 4.78 is 38.6. The van der Waals surface area contributed by atoms with Gasteiger partial charge in [-0.05, 0) is 24.1 Å². The van der Waals surface area contributed by atoms with Crippen molar-refractivity contribution in [1.82, 2.24) is 9.78 Å². The molecule has 0 radical (unpaired) electrons. The number of nitrogens with two attached hydrogens (primary N) is 1. The predicted octanol–water partition coefficient (Wildman–Crippen LogP) is 2.66. The Balaban J connectivity index is 2.40. The summed E-state index contributed by atoms with van der Waals surface area (Å²) in [6.07, 6.45) is -2.58. The van der Waals surface area contributed by atoms with E-state index in [4.69, 9.17) is 5.73 Å². The average Bonchev–Trinajstić information content (AvgIpc) is 2.77. The van der Waals surface area contributed by atoms with Crippen molar-refractivity contribution in [2.24, 2.45) is 5.73 Å². The molecule has 0 saturated heterocycles. The SMILES string of the molecule is Cc1cc(CN)ccc1-n1cc(C(F)(F)F)cn1. The Labute approximate surface area is 102 Å². The lowest BCUT2D eigenvalue weighted by Gasteiger charge is -2.07. The van der Waals surface area contributed by atoms with Crippen LogP contribution in [0.2, 0.25) is 0 Å². The Morgan fingerprint density at radius 3 is 2.56 bits per heavy atom. The third kappa shape index (κ3) is 2.38. The van der Waals surface area contributed by atoms with Gasteiger partial charge in [0.05, 0.1) is 17.4 Å². The van der Waals surface area contributed by atoms with Crippen LogP contribution in [-0.2, 0) is 12.7 Å². The summed E-state index contributed by atoms with van der Waals surface area (Å²) in [5.74, 6) is 0. The summed E-state index contributed by atoms with van der Waals surface area (Å²) in [7, 11) is 0. The molecule has 0 amide bonds.